The predicted molar refractivity (Wildman–Crippen MR) is 112 cm³/mol. The van der Waals surface area contributed by atoms with Crippen LogP contribution in [0, 0.1) is 6.92 Å². The van der Waals surface area contributed by atoms with Crippen LogP contribution in [0.15, 0.2) is 42.6 Å². The molecule has 0 aliphatic carbocycles. The molecule has 0 saturated carbocycles. The van der Waals surface area contributed by atoms with Crippen molar-refractivity contribution in [1.29, 1.82) is 0 Å². The summed E-state index contributed by atoms with van der Waals surface area (Å²) >= 11 is 0. The minimum Gasteiger partial charge on any atom is -0.497 e. The molecule has 7 nitrogen and oxygen atoms in total. The predicted octanol–water partition coefficient (Wildman–Crippen LogP) is 4.10. The normalized spacial score (nSPS) is 10.4. The second-order valence-corrected chi connectivity index (χ2v) is 6.31. The first kappa shape index (κ1) is 20.3. The molecule has 0 fully saturated rings. The van der Waals surface area contributed by atoms with Gasteiger partial charge in [0, 0.05) is 18.3 Å². The number of nitrogens with zero attached hydrogens (tertiary/aromatic N) is 2. The second kappa shape index (κ2) is 9.14. The molecule has 0 saturated heterocycles. The van der Waals surface area contributed by atoms with Gasteiger partial charge in [0.05, 0.1) is 34.1 Å². The summed E-state index contributed by atoms with van der Waals surface area (Å²) in [6, 6.07) is 11.6. The van der Waals surface area contributed by atoms with E-state index in [0.29, 0.717) is 29.7 Å². The van der Waals surface area contributed by atoms with Gasteiger partial charge in [-0.25, -0.2) is 9.97 Å². The van der Waals surface area contributed by atoms with Crippen LogP contribution in [-0.4, -0.2) is 38.4 Å². The number of ether oxygens (including phenoxy) is 4. The van der Waals surface area contributed by atoms with Gasteiger partial charge in [0.15, 0.2) is 11.5 Å². The lowest BCUT2D eigenvalue weighted by atomic mass is 10.1. The van der Waals surface area contributed by atoms with Gasteiger partial charge >= 0.3 is 0 Å². The van der Waals surface area contributed by atoms with Gasteiger partial charge in [-0.15, -0.1) is 0 Å². The van der Waals surface area contributed by atoms with Crippen molar-refractivity contribution in [2.75, 3.05) is 33.8 Å². The quantitative estimate of drug-likeness (QED) is 0.615. The van der Waals surface area contributed by atoms with Crippen LogP contribution in [0.5, 0.6) is 23.0 Å². The number of methoxy groups -OCH3 is 4. The van der Waals surface area contributed by atoms with Crippen molar-refractivity contribution in [1.82, 2.24) is 9.97 Å². The molecule has 3 rings (SSSR count). The zero-order chi connectivity index (χ0) is 20.8. The van der Waals surface area contributed by atoms with Crippen LogP contribution in [0.3, 0.4) is 0 Å². The number of benzene rings is 2. The molecule has 0 aliphatic heterocycles. The van der Waals surface area contributed by atoms with E-state index in [1.807, 2.05) is 49.5 Å². The number of aryl methyl sites for hydroxylation is 1. The molecule has 0 amide bonds. The van der Waals surface area contributed by atoms with Crippen molar-refractivity contribution >= 4 is 5.95 Å². The first-order chi connectivity index (χ1) is 14.1. The van der Waals surface area contributed by atoms with Crippen LogP contribution >= 0.6 is 0 Å². The highest BCUT2D eigenvalue weighted by Crippen LogP contribution is 2.38. The molecule has 1 N–H and O–H groups in total. The zero-order valence-electron chi connectivity index (χ0n) is 17.3. The molecule has 29 heavy (non-hydrogen) atoms. The zero-order valence-corrected chi connectivity index (χ0v) is 17.3. The molecule has 0 atom stereocenters. The van der Waals surface area contributed by atoms with Gasteiger partial charge in [-0.3, -0.25) is 0 Å². The molecule has 1 aromatic heterocycles. The molecule has 0 unspecified atom stereocenters. The average Bonchev–Trinajstić information content (AvgIpc) is 2.77. The third-order valence-electron chi connectivity index (χ3n) is 4.56. The van der Waals surface area contributed by atoms with Gasteiger partial charge < -0.3 is 24.3 Å². The third-order valence-corrected chi connectivity index (χ3v) is 4.56. The Balaban J connectivity index is 1.77. The van der Waals surface area contributed by atoms with Crippen molar-refractivity contribution in [3.05, 3.63) is 53.9 Å². The van der Waals surface area contributed by atoms with E-state index in [2.05, 4.69) is 15.3 Å². The molecule has 0 aliphatic rings. The largest absolute Gasteiger partial charge is 0.497 e. The summed E-state index contributed by atoms with van der Waals surface area (Å²) in [7, 11) is 6.43. The van der Waals surface area contributed by atoms with Gasteiger partial charge in [-0.2, -0.15) is 0 Å². The Kier molecular flexibility index (Phi) is 6.39. The molecule has 0 spiro atoms. The van der Waals surface area contributed by atoms with E-state index in [9.17, 15) is 0 Å². The molecular weight excluding hydrogens is 370 g/mol. The lowest BCUT2D eigenvalue weighted by Crippen LogP contribution is -2.06. The van der Waals surface area contributed by atoms with Crippen LogP contribution in [0.2, 0.25) is 0 Å². The van der Waals surface area contributed by atoms with E-state index in [4.69, 9.17) is 18.9 Å². The number of aromatic nitrogens is 2. The average molecular weight is 395 g/mol. The van der Waals surface area contributed by atoms with Crippen LogP contribution < -0.4 is 24.3 Å². The van der Waals surface area contributed by atoms with Crippen molar-refractivity contribution in [2.45, 2.75) is 13.5 Å². The van der Waals surface area contributed by atoms with Crippen molar-refractivity contribution in [3.63, 3.8) is 0 Å². The maximum absolute atomic E-state index is 5.40. The SMILES string of the molecule is COc1ccc(-c2cnc(NCc3cc(OC)c(OC)c(OC)c3)nc2C)cc1. The fourth-order valence-corrected chi connectivity index (χ4v) is 3.02. The molecule has 0 radical (unpaired) electrons. The lowest BCUT2D eigenvalue weighted by Gasteiger charge is -2.14. The molecular formula is C22H25N3O4. The van der Waals surface area contributed by atoms with Gasteiger partial charge in [0.1, 0.15) is 5.75 Å². The first-order valence-electron chi connectivity index (χ1n) is 9.10. The van der Waals surface area contributed by atoms with Crippen molar-refractivity contribution in [3.8, 4) is 34.1 Å². The highest BCUT2D eigenvalue weighted by molar-refractivity contribution is 5.66. The summed E-state index contributed by atoms with van der Waals surface area (Å²) in [5.74, 6) is 3.14. The number of hydrogen-bond acceptors (Lipinski definition) is 7. The fourth-order valence-electron chi connectivity index (χ4n) is 3.02. The van der Waals surface area contributed by atoms with E-state index in [1.54, 1.807) is 28.4 Å². The Bertz CT molecular complexity index is 949. The summed E-state index contributed by atoms with van der Waals surface area (Å²) < 4.78 is 21.4. The van der Waals surface area contributed by atoms with E-state index in [0.717, 1.165) is 28.1 Å². The summed E-state index contributed by atoms with van der Waals surface area (Å²) in [5.41, 5.74) is 3.86. The van der Waals surface area contributed by atoms with Crippen molar-refractivity contribution < 1.29 is 18.9 Å². The third kappa shape index (κ3) is 4.51. The van der Waals surface area contributed by atoms with Crippen molar-refractivity contribution in [2.24, 2.45) is 0 Å². The number of hydrogen-bond donors (Lipinski definition) is 1. The summed E-state index contributed by atoms with van der Waals surface area (Å²) in [6.07, 6.45) is 1.82. The Labute approximate surface area is 170 Å². The molecule has 152 valence electrons. The van der Waals surface area contributed by atoms with Gasteiger partial charge in [-0.1, -0.05) is 12.1 Å². The Hall–Kier alpha value is -3.48. The molecule has 3 aromatic rings. The van der Waals surface area contributed by atoms with E-state index >= 15 is 0 Å². The smallest absolute Gasteiger partial charge is 0.223 e. The fraction of sp³-hybridized carbons (Fsp3) is 0.273. The van der Waals surface area contributed by atoms with Gasteiger partial charge in [0.25, 0.3) is 0 Å². The number of anilines is 1. The minimum absolute atomic E-state index is 0.512. The molecule has 0 bridgehead atoms. The Morgan fingerprint density at radius 1 is 0.862 bits per heavy atom. The van der Waals surface area contributed by atoms with E-state index < -0.39 is 0 Å². The molecule has 7 heteroatoms. The summed E-state index contributed by atoms with van der Waals surface area (Å²) in [4.78, 5) is 9.04. The van der Waals surface area contributed by atoms with E-state index in [1.165, 1.54) is 0 Å². The lowest BCUT2D eigenvalue weighted by molar-refractivity contribution is 0.324. The molecule has 2 aromatic carbocycles. The van der Waals surface area contributed by atoms with Crippen LogP contribution in [0.25, 0.3) is 11.1 Å². The van der Waals surface area contributed by atoms with Gasteiger partial charge in [0.2, 0.25) is 11.7 Å². The summed E-state index contributed by atoms with van der Waals surface area (Å²) in [5, 5.41) is 3.24. The highest BCUT2D eigenvalue weighted by atomic mass is 16.5. The maximum atomic E-state index is 5.40. The highest BCUT2D eigenvalue weighted by Gasteiger charge is 2.13. The Morgan fingerprint density at radius 2 is 1.52 bits per heavy atom. The van der Waals surface area contributed by atoms with Crippen LogP contribution in [-0.2, 0) is 6.54 Å². The van der Waals surface area contributed by atoms with E-state index in [-0.39, 0.29) is 0 Å². The monoisotopic (exact) mass is 395 g/mol. The standard InChI is InChI=1S/C22H25N3O4/c1-14-18(16-6-8-17(26-2)9-7-16)13-24-22(25-14)23-12-15-10-19(27-3)21(29-5)20(11-15)28-4/h6-11,13H,12H2,1-5H3,(H,23,24,25). The second-order valence-electron chi connectivity index (χ2n) is 6.31. The van der Waals surface area contributed by atoms with Crippen LogP contribution in [0.4, 0.5) is 5.95 Å². The van der Waals surface area contributed by atoms with Crippen LogP contribution in [0.1, 0.15) is 11.3 Å². The number of nitrogens with one attached hydrogen (secondary N) is 1. The first-order valence-corrected chi connectivity index (χ1v) is 9.10. The summed E-state index contributed by atoms with van der Waals surface area (Å²) in [6.45, 7) is 2.48. The maximum Gasteiger partial charge on any atom is 0.223 e. The minimum atomic E-state index is 0.512. The van der Waals surface area contributed by atoms with Gasteiger partial charge in [-0.05, 0) is 42.3 Å². The topological polar surface area (TPSA) is 74.7 Å². The number of rotatable bonds is 8. The molecule has 1 heterocycles. The Morgan fingerprint density at radius 3 is 2.03 bits per heavy atom.